The fourth-order valence-corrected chi connectivity index (χ4v) is 2.06. The first-order chi connectivity index (χ1) is 9.19. The van der Waals surface area contributed by atoms with Gasteiger partial charge in [0, 0.05) is 11.6 Å². The van der Waals surface area contributed by atoms with Crippen molar-refractivity contribution in [2.75, 3.05) is 7.11 Å². The highest BCUT2D eigenvalue weighted by Crippen LogP contribution is 2.36. The van der Waals surface area contributed by atoms with E-state index in [1.165, 1.54) is 0 Å². The summed E-state index contributed by atoms with van der Waals surface area (Å²) >= 11 is 0. The molecule has 2 aliphatic heterocycles. The van der Waals surface area contributed by atoms with E-state index in [2.05, 4.69) is 10.2 Å². The van der Waals surface area contributed by atoms with Crippen LogP contribution < -0.4 is 4.74 Å². The summed E-state index contributed by atoms with van der Waals surface area (Å²) in [4.78, 5) is 0. The van der Waals surface area contributed by atoms with Gasteiger partial charge in [-0.2, -0.15) is 0 Å². The van der Waals surface area contributed by atoms with Crippen molar-refractivity contribution in [3.05, 3.63) is 35.9 Å². The van der Waals surface area contributed by atoms with E-state index in [-0.39, 0.29) is 5.95 Å². The lowest BCUT2D eigenvalue weighted by Gasteiger charge is -2.05. The number of rotatable bonds is 2. The lowest BCUT2D eigenvalue weighted by atomic mass is 10.0. The van der Waals surface area contributed by atoms with Crippen LogP contribution in [0.3, 0.4) is 0 Å². The summed E-state index contributed by atoms with van der Waals surface area (Å²) in [5, 5.41) is 17.5. The summed E-state index contributed by atoms with van der Waals surface area (Å²) < 4.78 is 10.3. The summed E-state index contributed by atoms with van der Waals surface area (Å²) in [5.41, 5.74) is 3.34. The molecule has 0 spiro atoms. The fourth-order valence-electron chi connectivity index (χ4n) is 2.06. The van der Waals surface area contributed by atoms with E-state index in [1.807, 2.05) is 31.2 Å². The first-order valence-corrected chi connectivity index (χ1v) is 5.79. The Kier molecular flexibility index (Phi) is 2.59. The molecule has 0 aromatic heterocycles. The SMILES string of the molecule is COc1ccc(-c2nnc3oc(O)cc(C)c2-3)cc1. The minimum Gasteiger partial charge on any atom is -0.497 e. The topological polar surface area (TPSA) is 68.4 Å². The van der Waals surface area contributed by atoms with Crippen LogP contribution in [0.5, 0.6) is 11.7 Å². The standard InChI is InChI=1S/C14H12N2O3/c1-8-7-11(17)19-14-12(8)13(15-16-14)9-3-5-10(18-2)6-4-9/h3-7,17H,1-2H3. The molecule has 2 heterocycles. The van der Waals surface area contributed by atoms with Crippen LogP contribution in [0.2, 0.25) is 0 Å². The van der Waals surface area contributed by atoms with E-state index in [0.29, 0.717) is 5.89 Å². The van der Waals surface area contributed by atoms with Crippen molar-refractivity contribution in [2.45, 2.75) is 6.92 Å². The van der Waals surface area contributed by atoms with Crippen molar-refractivity contribution in [1.82, 2.24) is 10.2 Å². The van der Waals surface area contributed by atoms with Crippen molar-refractivity contribution in [3.8, 4) is 34.4 Å². The Morgan fingerprint density at radius 2 is 1.89 bits per heavy atom. The van der Waals surface area contributed by atoms with Crippen LogP contribution in [0.4, 0.5) is 0 Å². The zero-order valence-electron chi connectivity index (χ0n) is 10.5. The van der Waals surface area contributed by atoms with E-state index < -0.39 is 0 Å². The number of hydrogen-bond acceptors (Lipinski definition) is 5. The minimum absolute atomic E-state index is 0.161. The maximum atomic E-state index is 9.41. The Morgan fingerprint density at radius 3 is 2.58 bits per heavy atom. The van der Waals surface area contributed by atoms with Crippen molar-refractivity contribution < 1.29 is 14.3 Å². The van der Waals surface area contributed by atoms with Crippen LogP contribution in [-0.2, 0) is 0 Å². The van der Waals surface area contributed by atoms with Crippen LogP contribution in [0.25, 0.3) is 22.7 Å². The summed E-state index contributed by atoms with van der Waals surface area (Å²) in [7, 11) is 1.62. The van der Waals surface area contributed by atoms with Crippen LogP contribution in [0, 0.1) is 6.92 Å². The summed E-state index contributed by atoms with van der Waals surface area (Å²) in [6.07, 6.45) is 0. The molecule has 0 amide bonds. The molecular weight excluding hydrogens is 244 g/mol. The quantitative estimate of drug-likeness (QED) is 0.763. The highest BCUT2D eigenvalue weighted by atomic mass is 16.5. The lowest BCUT2D eigenvalue weighted by Crippen LogP contribution is -1.86. The van der Waals surface area contributed by atoms with Gasteiger partial charge >= 0.3 is 0 Å². The number of aromatic hydroxyl groups is 1. The largest absolute Gasteiger partial charge is 0.497 e. The number of aromatic nitrogens is 2. The van der Waals surface area contributed by atoms with Crippen LogP contribution >= 0.6 is 0 Å². The van der Waals surface area contributed by atoms with Crippen molar-refractivity contribution in [3.63, 3.8) is 0 Å². The third-order valence-electron chi connectivity index (χ3n) is 2.99. The number of aryl methyl sites for hydroxylation is 1. The molecule has 0 bridgehead atoms. The number of ether oxygens (including phenoxy) is 1. The van der Waals surface area contributed by atoms with Gasteiger partial charge in [0.1, 0.15) is 11.4 Å². The predicted octanol–water partition coefficient (Wildman–Crippen LogP) is 2.86. The normalized spacial score (nSPS) is 10.8. The summed E-state index contributed by atoms with van der Waals surface area (Å²) in [6, 6.07) is 9.10. The summed E-state index contributed by atoms with van der Waals surface area (Å²) in [5.74, 6) is 0.959. The molecule has 2 aliphatic rings. The second kappa shape index (κ2) is 4.28. The Balaban J connectivity index is 2.15. The molecule has 0 aliphatic carbocycles. The zero-order valence-corrected chi connectivity index (χ0v) is 10.5. The lowest BCUT2D eigenvalue weighted by molar-refractivity contribution is 0.324. The zero-order chi connectivity index (χ0) is 13.4. The highest BCUT2D eigenvalue weighted by Gasteiger charge is 2.20. The number of hydrogen-bond donors (Lipinski definition) is 1. The average Bonchev–Trinajstić information content (AvgIpc) is 2.83. The molecule has 0 fully saturated rings. The van der Waals surface area contributed by atoms with Crippen molar-refractivity contribution in [2.24, 2.45) is 0 Å². The summed E-state index contributed by atoms with van der Waals surface area (Å²) in [6.45, 7) is 1.88. The fraction of sp³-hybridized carbons (Fsp3) is 0.143. The number of nitrogens with zero attached hydrogens (tertiary/aromatic N) is 2. The van der Waals surface area contributed by atoms with Gasteiger partial charge in [-0.15, -0.1) is 10.2 Å². The molecule has 0 atom stereocenters. The molecule has 3 rings (SSSR count). The molecule has 1 aromatic rings. The third kappa shape index (κ3) is 1.89. The first kappa shape index (κ1) is 11.5. The van der Waals surface area contributed by atoms with Gasteiger partial charge < -0.3 is 14.3 Å². The number of fused-ring (bicyclic) bond motifs is 1. The molecule has 1 N–H and O–H groups in total. The molecule has 1 aromatic carbocycles. The molecule has 5 heteroatoms. The molecule has 0 unspecified atom stereocenters. The van der Waals surface area contributed by atoms with E-state index in [1.54, 1.807) is 13.2 Å². The second-order valence-corrected chi connectivity index (χ2v) is 4.22. The van der Waals surface area contributed by atoms with Gasteiger partial charge in [0.15, 0.2) is 0 Å². The van der Waals surface area contributed by atoms with Crippen molar-refractivity contribution >= 4 is 0 Å². The average molecular weight is 256 g/mol. The van der Waals surface area contributed by atoms with Crippen LogP contribution in [0.1, 0.15) is 5.56 Å². The molecule has 0 saturated heterocycles. The second-order valence-electron chi connectivity index (χ2n) is 4.22. The Labute approximate surface area is 109 Å². The van der Waals surface area contributed by atoms with Gasteiger partial charge in [-0.05, 0) is 36.8 Å². The minimum atomic E-state index is -0.161. The van der Waals surface area contributed by atoms with Gasteiger partial charge in [0.05, 0.1) is 12.7 Å². The Morgan fingerprint density at radius 1 is 1.16 bits per heavy atom. The van der Waals surface area contributed by atoms with Gasteiger partial charge in [-0.1, -0.05) is 0 Å². The van der Waals surface area contributed by atoms with E-state index in [4.69, 9.17) is 9.15 Å². The number of benzene rings is 1. The van der Waals surface area contributed by atoms with Crippen molar-refractivity contribution in [1.29, 1.82) is 0 Å². The van der Waals surface area contributed by atoms with E-state index >= 15 is 0 Å². The highest BCUT2D eigenvalue weighted by molar-refractivity contribution is 5.80. The molecule has 96 valence electrons. The maximum absolute atomic E-state index is 9.41. The maximum Gasteiger partial charge on any atom is 0.283 e. The molecular formula is C14H12N2O3. The van der Waals surface area contributed by atoms with Gasteiger partial charge in [0.2, 0.25) is 0 Å². The Hall–Kier alpha value is -2.56. The monoisotopic (exact) mass is 256 g/mol. The first-order valence-electron chi connectivity index (χ1n) is 5.79. The smallest absolute Gasteiger partial charge is 0.283 e. The molecule has 0 saturated carbocycles. The molecule has 0 radical (unpaired) electrons. The number of methoxy groups -OCH3 is 1. The van der Waals surface area contributed by atoms with Gasteiger partial charge in [-0.3, -0.25) is 0 Å². The Bertz CT molecular complexity index is 689. The van der Waals surface area contributed by atoms with E-state index in [9.17, 15) is 5.11 Å². The third-order valence-corrected chi connectivity index (χ3v) is 2.99. The van der Waals surface area contributed by atoms with E-state index in [0.717, 1.165) is 28.1 Å². The van der Waals surface area contributed by atoms with Crippen LogP contribution in [0.15, 0.2) is 34.7 Å². The molecule has 5 nitrogen and oxygen atoms in total. The van der Waals surface area contributed by atoms with Crippen LogP contribution in [-0.4, -0.2) is 22.4 Å². The van der Waals surface area contributed by atoms with Gasteiger partial charge in [-0.25, -0.2) is 0 Å². The molecule has 19 heavy (non-hydrogen) atoms. The predicted molar refractivity (Wildman–Crippen MR) is 69.3 cm³/mol. The van der Waals surface area contributed by atoms with Gasteiger partial charge in [0.25, 0.3) is 11.8 Å².